The van der Waals surface area contributed by atoms with E-state index < -0.39 is 0 Å². The number of thiophene rings is 1. The molecule has 0 fully saturated rings. The van der Waals surface area contributed by atoms with Gasteiger partial charge in [-0.3, -0.25) is 4.79 Å². The Morgan fingerprint density at radius 3 is 2.55 bits per heavy atom. The van der Waals surface area contributed by atoms with Crippen molar-refractivity contribution in [2.75, 3.05) is 12.4 Å². The molecule has 0 bridgehead atoms. The van der Waals surface area contributed by atoms with Gasteiger partial charge in [0.15, 0.2) is 5.75 Å². The first-order valence-corrected chi connectivity index (χ1v) is 9.81. The number of halogens is 1. The zero-order valence-corrected chi connectivity index (χ0v) is 16.5. The van der Waals surface area contributed by atoms with Crippen LogP contribution in [0.15, 0.2) is 72.8 Å². The van der Waals surface area contributed by atoms with Gasteiger partial charge in [-0.05, 0) is 36.4 Å². The topological polar surface area (TPSA) is 47.6 Å². The van der Waals surface area contributed by atoms with Gasteiger partial charge in [-0.1, -0.05) is 36.4 Å². The number of methoxy groups -OCH3 is 1. The molecule has 0 aliphatic carbocycles. The van der Waals surface area contributed by atoms with Crippen LogP contribution in [0.25, 0.3) is 10.1 Å². The number of hydrogen-bond donors (Lipinski definition) is 1. The Morgan fingerprint density at radius 1 is 1.00 bits per heavy atom. The molecule has 4 nitrogen and oxygen atoms in total. The number of hydrogen-bond acceptors (Lipinski definition) is 4. The molecular weight excluding hydrogens is 389 g/mol. The molecule has 0 aliphatic heterocycles. The van der Waals surface area contributed by atoms with E-state index in [1.54, 1.807) is 24.3 Å². The van der Waals surface area contributed by atoms with E-state index in [2.05, 4.69) is 5.32 Å². The minimum Gasteiger partial charge on any atom is -0.455 e. The fourth-order valence-corrected chi connectivity index (χ4v) is 4.20. The molecule has 1 N–H and O–H groups in total. The van der Waals surface area contributed by atoms with Crippen LogP contribution in [0.1, 0.15) is 15.2 Å². The Kier molecular flexibility index (Phi) is 5.55. The summed E-state index contributed by atoms with van der Waals surface area (Å²) in [5, 5.41) is 3.32. The quantitative estimate of drug-likeness (QED) is 0.412. The third-order valence-electron chi connectivity index (χ3n) is 4.36. The van der Waals surface area contributed by atoms with Crippen molar-refractivity contribution in [1.82, 2.24) is 0 Å². The maximum absolute atomic E-state index is 14.4. The summed E-state index contributed by atoms with van der Waals surface area (Å²) in [5.74, 6) is 0.491. The van der Waals surface area contributed by atoms with E-state index >= 15 is 0 Å². The van der Waals surface area contributed by atoms with Gasteiger partial charge in [-0.15, -0.1) is 11.3 Å². The minimum absolute atomic E-state index is 0.145. The van der Waals surface area contributed by atoms with Gasteiger partial charge in [-0.2, -0.15) is 0 Å². The smallest absolute Gasteiger partial charge is 0.266 e. The highest BCUT2D eigenvalue weighted by Crippen LogP contribution is 2.35. The predicted molar refractivity (Wildman–Crippen MR) is 113 cm³/mol. The number of nitrogens with one attached hydrogen (secondary N) is 1. The van der Waals surface area contributed by atoms with E-state index in [0.29, 0.717) is 37.7 Å². The first-order valence-electron chi connectivity index (χ1n) is 8.99. The van der Waals surface area contributed by atoms with Crippen molar-refractivity contribution in [2.24, 2.45) is 0 Å². The lowest BCUT2D eigenvalue weighted by molar-refractivity contribution is 0.102. The van der Waals surface area contributed by atoms with Crippen LogP contribution in [-0.2, 0) is 11.3 Å². The second kappa shape index (κ2) is 8.43. The number of ether oxygens (including phenoxy) is 2. The predicted octanol–water partition coefficient (Wildman–Crippen LogP) is 6.23. The standard InChI is InChI=1S/C23H18FNO3S/c1-27-14-16-21-17(24)10-7-13-20(21)29-22(16)23(26)25-18-11-5-6-12-19(18)28-15-8-3-2-4-9-15/h2-13H,14H2,1H3,(H,25,26). The number of carbonyl (C=O) groups is 1. The fraction of sp³-hybridized carbons (Fsp3) is 0.0870. The van der Waals surface area contributed by atoms with Crippen molar-refractivity contribution >= 4 is 33.0 Å². The summed E-state index contributed by atoms with van der Waals surface area (Å²) < 4.78 is 26.2. The van der Waals surface area contributed by atoms with Gasteiger partial charge >= 0.3 is 0 Å². The maximum Gasteiger partial charge on any atom is 0.266 e. The van der Waals surface area contributed by atoms with Gasteiger partial charge in [0.2, 0.25) is 0 Å². The summed E-state index contributed by atoms with van der Waals surface area (Å²) in [7, 11) is 1.52. The molecule has 0 aliphatic rings. The van der Waals surface area contributed by atoms with E-state index in [0.717, 1.165) is 0 Å². The monoisotopic (exact) mass is 407 g/mol. The molecule has 3 aromatic carbocycles. The highest BCUT2D eigenvalue weighted by Gasteiger charge is 2.21. The molecule has 4 aromatic rings. The molecule has 6 heteroatoms. The Hall–Kier alpha value is -3.22. The van der Waals surface area contributed by atoms with Crippen LogP contribution < -0.4 is 10.1 Å². The number of para-hydroxylation sites is 3. The molecule has 0 saturated carbocycles. The normalized spacial score (nSPS) is 10.8. The highest BCUT2D eigenvalue weighted by molar-refractivity contribution is 7.21. The SMILES string of the molecule is COCc1c(C(=O)Nc2ccccc2Oc2ccccc2)sc2cccc(F)c12. The second-order valence-electron chi connectivity index (χ2n) is 6.32. The largest absolute Gasteiger partial charge is 0.455 e. The van der Waals surface area contributed by atoms with E-state index in [1.807, 2.05) is 42.5 Å². The third-order valence-corrected chi connectivity index (χ3v) is 5.56. The average molecular weight is 407 g/mol. The van der Waals surface area contributed by atoms with Gasteiger partial charge in [0, 0.05) is 22.8 Å². The molecular formula is C23H18FNO3S. The van der Waals surface area contributed by atoms with Crippen molar-refractivity contribution in [3.05, 3.63) is 89.1 Å². The number of fused-ring (bicyclic) bond motifs is 1. The van der Waals surface area contributed by atoms with Crippen LogP contribution in [0.3, 0.4) is 0 Å². The van der Waals surface area contributed by atoms with E-state index in [1.165, 1.54) is 24.5 Å². The van der Waals surface area contributed by atoms with Crippen LogP contribution in [0.4, 0.5) is 10.1 Å². The lowest BCUT2D eigenvalue weighted by Gasteiger charge is -2.12. The number of anilines is 1. The number of amides is 1. The molecule has 0 spiro atoms. The molecule has 1 heterocycles. The van der Waals surface area contributed by atoms with Crippen molar-refractivity contribution in [3.63, 3.8) is 0 Å². The minimum atomic E-state index is -0.363. The molecule has 1 amide bonds. The summed E-state index contributed by atoms with van der Waals surface area (Å²) in [6.45, 7) is 0.145. The zero-order valence-electron chi connectivity index (χ0n) is 15.6. The van der Waals surface area contributed by atoms with Gasteiger partial charge in [-0.25, -0.2) is 4.39 Å². The van der Waals surface area contributed by atoms with Crippen LogP contribution >= 0.6 is 11.3 Å². The average Bonchev–Trinajstić information content (AvgIpc) is 3.10. The van der Waals surface area contributed by atoms with Gasteiger partial charge in [0.05, 0.1) is 17.2 Å². The molecule has 0 unspecified atom stereocenters. The summed E-state index contributed by atoms with van der Waals surface area (Å²) >= 11 is 1.24. The van der Waals surface area contributed by atoms with Crippen LogP contribution in [0, 0.1) is 5.82 Å². The summed E-state index contributed by atoms with van der Waals surface area (Å²) in [5.41, 5.74) is 1.08. The van der Waals surface area contributed by atoms with E-state index in [4.69, 9.17) is 9.47 Å². The van der Waals surface area contributed by atoms with Crippen LogP contribution in [0.5, 0.6) is 11.5 Å². The van der Waals surface area contributed by atoms with Crippen LogP contribution in [-0.4, -0.2) is 13.0 Å². The Balaban J connectivity index is 1.67. The summed E-state index contributed by atoms with van der Waals surface area (Å²) in [6.07, 6.45) is 0. The van der Waals surface area contributed by atoms with E-state index in [-0.39, 0.29) is 18.3 Å². The summed E-state index contributed by atoms with van der Waals surface area (Å²) in [6, 6.07) is 21.3. The Morgan fingerprint density at radius 2 is 1.76 bits per heavy atom. The molecule has 146 valence electrons. The molecule has 4 rings (SSSR count). The second-order valence-corrected chi connectivity index (χ2v) is 7.37. The number of benzene rings is 3. The lowest BCUT2D eigenvalue weighted by Crippen LogP contribution is -2.13. The zero-order chi connectivity index (χ0) is 20.2. The van der Waals surface area contributed by atoms with E-state index in [9.17, 15) is 9.18 Å². The molecule has 1 aromatic heterocycles. The first kappa shape index (κ1) is 19.1. The fourth-order valence-electron chi connectivity index (χ4n) is 3.09. The molecule has 0 radical (unpaired) electrons. The van der Waals surface area contributed by atoms with Crippen molar-refractivity contribution in [2.45, 2.75) is 6.61 Å². The van der Waals surface area contributed by atoms with Gasteiger partial charge < -0.3 is 14.8 Å². The van der Waals surface area contributed by atoms with Crippen molar-refractivity contribution < 1.29 is 18.7 Å². The third kappa shape index (κ3) is 3.99. The summed E-state index contributed by atoms with van der Waals surface area (Å²) in [4.78, 5) is 13.5. The number of rotatable bonds is 6. The molecule has 29 heavy (non-hydrogen) atoms. The molecule has 0 saturated heterocycles. The molecule has 0 atom stereocenters. The van der Waals surface area contributed by atoms with Gasteiger partial charge in [0.25, 0.3) is 5.91 Å². The maximum atomic E-state index is 14.4. The van der Waals surface area contributed by atoms with Gasteiger partial charge in [0.1, 0.15) is 11.6 Å². The Labute approximate surface area is 171 Å². The number of carbonyl (C=O) groups excluding carboxylic acids is 1. The highest BCUT2D eigenvalue weighted by atomic mass is 32.1. The Bertz CT molecular complexity index is 1160. The van der Waals surface area contributed by atoms with Crippen molar-refractivity contribution in [1.29, 1.82) is 0 Å². The lowest BCUT2D eigenvalue weighted by atomic mass is 10.1. The van der Waals surface area contributed by atoms with Crippen LogP contribution in [0.2, 0.25) is 0 Å². The van der Waals surface area contributed by atoms with Crippen molar-refractivity contribution in [3.8, 4) is 11.5 Å². The first-order chi connectivity index (χ1) is 14.2.